The van der Waals surface area contributed by atoms with Crippen LogP contribution in [0.25, 0.3) is 0 Å². The van der Waals surface area contributed by atoms with Crippen molar-refractivity contribution in [2.24, 2.45) is 11.8 Å². The molecule has 0 nitrogen and oxygen atoms in total. The van der Waals surface area contributed by atoms with Crippen molar-refractivity contribution in [3.63, 3.8) is 0 Å². The van der Waals surface area contributed by atoms with Crippen molar-refractivity contribution >= 4 is 15.8 Å². The zero-order chi connectivity index (χ0) is 20.6. The maximum atomic E-state index is 2.50. The standard InChI is InChI=1S/C24H50P2/c1-21(2,3)25(22(4,5)6)17-19-15-13-14-16-20(19)18-26(23(7,8)9)24(10,11)12/h19-20H,13-18H2,1-12H3. The van der Waals surface area contributed by atoms with Gasteiger partial charge in [0.2, 0.25) is 0 Å². The summed E-state index contributed by atoms with van der Waals surface area (Å²) in [7, 11) is 0.0676. The minimum atomic E-state index is 0.0338. The summed E-state index contributed by atoms with van der Waals surface area (Å²) in [5.74, 6) is 1.95. The van der Waals surface area contributed by atoms with Gasteiger partial charge in [-0.1, -0.05) is 112 Å². The van der Waals surface area contributed by atoms with Gasteiger partial charge in [0.05, 0.1) is 0 Å². The lowest BCUT2D eigenvalue weighted by molar-refractivity contribution is 0.281. The van der Waals surface area contributed by atoms with Gasteiger partial charge < -0.3 is 0 Å². The zero-order valence-electron chi connectivity index (χ0n) is 20.3. The van der Waals surface area contributed by atoms with Crippen molar-refractivity contribution in [3.05, 3.63) is 0 Å². The van der Waals surface area contributed by atoms with Crippen LogP contribution in [0.3, 0.4) is 0 Å². The summed E-state index contributed by atoms with van der Waals surface area (Å²) < 4.78 is 0. The summed E-state index contributed by atoms with van der Waals surface area (Å²) in [6.45, 7) is 30.0. The van der Waals surface area contributed by atoms with Gasteiger partial charge in [0.25, 0.3) is 0 Å². The Morgan fingerprint density at radius 1 is 0.500 bits per heavy atom. The lowest BCUT2D eigenvalue weighted by Gasteiger charge is -2.48. The monoisotopic (exact) mass is 400 g/mol. The first-order valence-corrected chi connectivity index (χ1v) is 14.0. The van der Waals surface area contributed by atoms with E-state index in [4.69, 9.17) is 0 Å². The second-order valence-electron chi connectivity index (χ2n) is 12.7. The Morgan fingerprint density at radius 3 is 0.923 bits per heavy atom. The summed E-state index contributed by atoms with van der Waals surface area (Å²) >= 11 is 0. The van der Waals surface area contributed by atoms with E-state index in [1.54, 1.807) is 0 Å². The molecular weight excluding hydrogens is 350 g/mol. The molecule has 1 rings (SSSR count). The molecule has 2 atom stereocenters. The fourth-order valence-corrected chi connectivity index (χ4v) is 13.5. The molecular formula is C24H50P2. The van der Waals surface area contributed by atoms with Crippen LogP contribution in [0, 0.1) is 11.8 Å². The van der Waals surface area contributed by atoms with Crippen molar-refractivity contribution in [1.29, 1.82) is 0 Å². The lowest BCUT2D eigenvalue weighted by atomic mass is 9.81. The summed E-state index contributed by atoms with van der Waals surface area (Å²) in [5, 5.41) is 1.87. The van der Waals surface area contributed by atoms with Gasteiger partial charge in [-0.3, -0.25) is 0 Å². The summed E-state index contributed by atoms with van der Waals surface area (Å²) in [6.07, 6.45) is 8.94. The molecule has 0 N–H and O–H groups in total. The Kier molecular flexibility index (Phi) is 8.33. The van der Waals surface area contributed by atoms with Gasteiger partial charge in [-0.05, 0) is 57.6 Å². The predicted octanol–water partition coefficient (Wildman–Crippen LogP) is 8.95. The van der Waals surface area contributed by atoms with Crippen LogP contribution in [0.5, 0.6) is 0 Å². The second kappa shape index (κ2) is 8.70. The van der Waals surface area contributed by atoms with Crippen molar-refractivity contribution in [2.45, 2.75) is 129 Å². The molecule has 0 heterocycles. The number of hydrogen-bond acceptors (Lipinski definition) is 0. The molecule has 0 aromatic heterocycles. The van der Waals surface area contributed by atoms with E-state index in [9.17, 15) is 0 Å². The summed E-state index contributed by atoms with van der Waals surface area (Å²) in [6, 6.07) is 0. The van der Waals surface area contributed by atoms with Crippen molar-refractivity contribution in [1.82, 2.24) is 0 Å². The molecule has 156 valence electrons. The highest BCUT2D eigenvalue weighted by Gasteiger charge is 2.41. The Labute approximate surface area is 169 Å². The lowest BCUT2D eigenvalue weighted by Crippen LogP contribution is -2.35. The maximum Gasteiger partial charge on any atom is -0.0175 e. The van der Waals surface area contributed by atoms with Gasteiger partial charge in [-0.15, -0.1) is 0 Å². The van der Waals surface area contributed by atoms with Gasteiger partial charge in [-0.2, -0.15) is 0 Å². The van der Waals surface area contributed by atoms with E-state index in [1.165, 1.54) is 38.0 Å². The van der Waals surface area contributed by atoms with E-state index >= 15 is 0 Å². The average Bonchev–Trinajstić information content (AvgIpc) is 2.38. The topological polar surface area (TPSA) is 0 Å². The Morgan fingerprint density at radius 2 is 0.731 bits per heavy atom. The molecule has 1 aliphatic carbocycles. The van der Waals surface area contributed by atoms with Crippen LogP contribution in [0.15, 0.2) is 0 Å². The molecule has 0 aliphatic heterocycles. The maximum absolute atomic E-state index is 2.50. The van der Waals surface area contributed by atoms with Crippen LogP contribution in [0.4, 0.5) is 0 Å². The third-order valence-electron chi connectivity index (χ3n) is 6.14. The normalized spacial score (nSPS) is 23.8. The highest BCUT2D eigenvalue weighted by atomic mass is 31.1. The highest BCUT2D eigenvalue weighted by molar-refractivity contribution is 7.61. The SMILES string of the molecule is CC(C)(C)P(CC1CCCCC1CP(C(C)(C)C)C(C)(C)C)C(C)(C)C. The van der Waals surface area contributed by atoms with Crippen LogP contribution in [-0.4, -0.2) is 32.9 Å². The molecule has 26 heavy (non-hydrogen) atoms. The molecule has 2 heteroatoms. The molecule has 1 aliphatic rings. The number of rotatable bonds is 4. The Bertz CT molecular complexity index is 355. The molecule has 0 spiro atoms. The largest absolute Gasteiger partial charge is 0.0954 e. The molecule has 0 aromatic carbocycles. The van der Waals surface area contributed by atoms with Crippen LogP contribution in [-0.2, 0) is 0 Å². The van der Waals surface area contributed by atoms with Gasteiger partial charge in [0.1, 0.15) is 0 Å². The Balaban J connectivity index is 3.03. The molecule has 0 bridgehead atoms. The van der Waals surface area contributed by atoms with Gasteiger partial charge in [0.15, 0.2) is 0 Å². The highest BCUT2D eigenvalue weighted by Crippen LogP contribution is 2.64. The zero-order valence-corrected chi connectivity index (χ0v) is 22.1. The van der Waals surface area contributed by atoms with E-state index in [0.29, 0.717) is 20.6 Å². The fourth-order valence-electron chi connectivity index (χ4n) is 5.34. The molecule has 0 radical (unpaired) electrons. The summed E-state index contributed by atoms with van der Waals surface area (Å²) in [5.41, 5.74) is 0. The van der Waals surface area contributed by atoms with E-state index in [0.717, 1.165) is 11.8 Å². The molecule has 1 fully saturated rings. The first-order chi connectivity index (χ1) is 11.4. The third kappa shape index (κ3) is 7.36. The summed E-state index contributed by atoms with van der Waals surface area (Å²) in [4.78, 5) is 0. The van der Waals surface area contributed by atoms with Gasteiger partial charge >= 0.3 is 0 Å². The smallest absolute Gasteiger partial charge is 0.0175 e. The Hall–Kier alpha value is 0.860. The molecule has 0 saturated heterocycles. The van der Waals surface area contributed by atoms with E-state index < -0.39 is 0 Å². The van der Waals surface area contributed by atoms with E-state index in [-0.39, 0.29) is 15.8 Å². The van der Waals surface area contributed by atoms with Crippen LogP contribution >= 0.6 is 15.8 Å². The molecule has 1 saturated carbocycles. The minimum absolute atomic E-state index is 0.0338. The second-order valence-corrected chi connectivity index (χ2v) is 20.5. The van der Waals surface area contributed by atoms with Crippen molar-refractivity contribution in [2.75, 3.05) is 12.3 Å². The van der Waals surface area contributed by atoms with Crippen LogP contribution < -0.4 is 0 Å². The van der Waals surface area contributed by atoms with Crippen molar-refractivity contribution in [3.8, 4) is 0 Å². The molecule has 2 unspecified atom stereocenters. The minimum Gasteiger partial charge on any atom is -0.0954 e. The predicted molar refractivity (Wildman–Crippen MR) is 128 cm³/mol. The quantitative estimate of drug-likeness (QED) is 0.413. The first-order valence-electron chi connectivity index (χ1n) is 11.0. The van der Waals surface area contributed by atoms with E-state index in [1.807, 2.05) is 0 Å². The van der Waals surface area contributed by atoms with E-state index in [2.05, 4.69) is 83.1 Å². The van der Waals surface area contributed by atoms with Crippen LogP contribution in [0.1, 0.15) is 109 Å². The molecule has 0 aromatic rings. The number of hydrogen-bond donors (Lipinski definition) is 0. The first kappa shape index (κ1) is 24.9. The molecule has 0 amide bonds. The fraction of sp³-hybridized carbons (Fsp3) is 1.00. The van der Waals surface area contributed by atoms with Gasteiger partial charge in [0, 0.05) is 0 Å². The van der Waals surface area contributed by atoms with Gasteiger partial charge in [-0.25, -0.2) is 0 Å². The van der Waals surface area contributed by atoms with Crippen LogP contribution in [0.2, 0.25) is 0 Å². The third-order valence-corrected chi connectivity index (χ3v) is 14.3. The van der Waals surface area contributed by atoms with Crippen molar-refractivity contribution < 1.29 is 0 Å². The average molecular weight is 401 g/mol.